The number of carbonyl (C=O) groups excluding carboxylic acids is 1. The molecule has 0 atom stereocenters. The summed E-state index contributed by atoms with van der Waals surface area (Å²) in [6, 6.07) is 13.6. The molecule has 156 valence electrons. The Morgan fingerprint density at radius 2 is 1.81 bits per heavy atom. The molecular weight excluding hydrogens is 423 g/mol. The van der Waals surface area contributed by atoms with E-state index in [4.69, 9.17) is 16.3 Å². The van der Waals surface area contributed by atoms with Crippen molar-refractivity contribution in [2.75, 3.05) is 10.6 Å². The lowest BCUT2D eigenvalue weighted by molar-refractivity contribution is 0.262. The number of amides is 2. The van der Waals surface area contributed by atoms with Gasteiger partial charge in [0.1, 0.15) is 17.4 Å². The number of hydrogen-bond donors (Lipinski definition) is 2. The number of aromatic nitrogens is 4. The standard InChI is InChI=1S/C21H16ClFN6O2/c1-13-25-19(29-10-2-9-24-29)12-20(26-13)31-16-6-3-14(4-7-16)27-21(30)28-15-5-8-18(23)17(22)11-15/h2-12H,1H3,(H2,27,28,30). The van der Waals surface area contributed by atoms with E-state index >= 15 is 0 Å². The molecule has 4 rings (SSSR count). The van der Waals surface area contributed by atoms with E-state index in [1.54, 1.807) is 60.4 Å². The van der Waals surface area contributed by atoms with Gasteiger partial charge in [0.05, 0.1) is 5.02 Å². The Labute approximate surface area is 181 Å². The molecule has 2 aromatic heterocycles. The maximum absolute atomic E-state index is 13.2. The number of anilines is 2. The SMILES string of the molecule is Cc1nc(Oc2ccc(NC(=O)Nc3ccc(F)c(Cl)c3)cc2)cc(-n2cccn2)n1. The number of benzene rings is 2. The van der Waals surface area contributed by atoms with Gasteiger partial charge in [-0.2, -0.15) is 10.1 Å². The Morgan fingerprint density at radius 3 is 2.52 bits per heavy atom. The first kappa shape index (κ1) is 20.3. The molecule has 0 bridgehead atoms. The summed E-state index contributed by atoms with van der Waals surface area (Å²) in [5.41, 5.74) is 0.908. The van der Waals surface area contributed by atoms with Crippen molar-refractivity contribution in [3.63, 3.8) is 0 Å². The zero-order valence-electron chi connectivity index (χ0n) is 16.2. The number of hydrogen-bond acceptors (Lipinski definition) is 5. The van der Waals surface area contributed by atoms with Crippen LogP contribution in [0.2, 0.25) is 5.02 Å². The molecule has 0 fully saturated rings. The monoisotopic (exact) mass is 438 g/mol. The number of rotatable bonds is 5. The van der Waals surface area contributed by atoms with Crippen molar-refractivity contribution < 1.29 is 13.9 Å². The zero-order chi connectivity index (χ0) is 21.8. The fourth-order valence-corrected chi connectivity index (χ4v) is 2.87. The molecular formula is C21H16ClFN6O2. The summed E-state index contributed by atoms with van der Waals surface area (Å²) in [6.45, 7) is 1.76. The lowest BCUT2D eigenvalue weighted by Crippen LogP contribution is -2.19. The van der Waals surface area contributed by atoms with Gasteiger partial charge in [-0.1, -0.05) is 11.6 Å². The second-order valence-electron chi connectivity index (χ2n) is 6.40. The summed E-state index contributed by atoms with van der Waals surface area (Å²) in [6.07, 6.45) is 3.43. The third-order valence-corrected chi connectivity index (χ3v) is 4.34. The highest BCUT2D eigenvalue weighted by molar-refractivity contribution is 6.31. The third kappa shape index (κ3) is 5.14. The average Bonchev–Trinajstić information content (AvgIpc) is 3.27. The number of ether oxygens (including phenoxy) is 1. The molecule has 0 radical (unpaired) electrons. The first-order valence-electron chi connectivity index (χ1n) is 9.13. The summed E-state index contributed by atoms with van der Waals surface area (Å²) < 4.78 is 20.6. The molecule has 0 saturated carbocycles. The zero-order valence-corrected chi connectivity index (χ0v) is 17.0. The minimum Gasteiger partial charge on any atom is -0.439 e. The van der Waals surface area contributed by atoms with Crippen molar-refractivity contribution in [2.45, 2.75) is 6.92 Å². The third-order valence-electron chi connectivity index (χ3n) is 4.05. The first-order chi connectivity index (χ1) is 15.0. The van der Waals surface area contributed by atoms with Crippen molar-refractivity contribution >= 4 is 29.0 Å². The second-order valence-corrected chi connectivity index (χ2v) is 6.80. The molecule has 31 heavy (non-hydrogen) atoms. The highest BCUT2D eigenvalue weighted by atomic mass is 35.5. The Morgan fingerprint density at radius 1 is 1.06 bits per heavy atom. The minimum absolute atomic E-state index is 0.0741. The molecule has 8 nitrogen and oxygen atoms in total. The van der Waals surface area contributed by atoms with Gasteiger partial charge in [-0.15, -0.1) is 0 Å². The molecule has 4 aromatic rings. The number of carbonyl (C=O) groups is 1. The summed E-state index contributed by atoms with van der Waals surface area (Å²) >= 11 is 5.72. The maximum atomic E-state index is 13.2. The molecule has 2 heterocycles. The van der Waals surface area contributed by atoms with Gasteiger partial charge >= 0.3 is 6.03 Å². The second kappa shape index (κ2) is 8.80. The fourth-order valence-electron chi connectivity index (χ4n) is 2.69. The highest BCUT2D eigenvalue weighted by Gasteiger charge is 2.08. The van der Waals surface area contributed by atoms with Gasteiger partial charge in [0, 0.05) is 29.8 Å². The normalized spacial score (nSPS) is 10.5. The van der Waals surface area contributed by atoms with Crippen molar-refractivity contribution in [2.24, 2.45) is 0 Å². The molecule has 0 unspecified atom stereocenters. The lowest BCUT2D eigenvalue weighted by atomic mass is 10.3. The van der Waals surface area contributed by atoms with E-state index < -0.39 is 11.8 Å². The van der Waals surface area contributed by atoms with Crippen LogP contribution < -0.4 is 15.4 Å². The Hall–Kier alpha value is -3.98. The first-order valence-corrected chi connectivity index (χ1v) is 9.51. The van der Waals surface area contributed by atoms with Gasteiger partial charge in [-0.25, -0.2) is 18.9 Å². The molecule has 0 saturated heterocycles. The Bertz CT molecular complexity index is 1220. The van der Waals surface area contributed by atoms with Crippen molar-refractivity contribution in [1.82, 2.24) is 19.7 Å². The quantitative estimate of drug-likeness (QED) is 0.446. The van der Waals surface area contributed by atoms with Crippen molar-refractivity contribution in [3.05, 3.63) is 83.7 Å². The van der Waals surface area contributed by atoms with Crippen LogP contribution in [0, 0.1) is 12.7 Å². The van der Waals surface area contributed by atoms with Gasteiger partial charge in [0.15, 0.2) is 5.82 Å². The Balaban J connectivity index is 1.40. The molecule has 0 aliphatic rings. The van der Waals surface area contributed by atoms with Crippen LogP contribution in [0.3, 0.4) is 0 Å². The maximum Gasteiger partial charge on any atom is 0.323 e. The van der Waals surface area contributed by atoms with Crippen LogP contribution in [-0.2, 0) is 0 Å². The van der Waals surface area contributed by atoms with Crippen LogP contribution in [0.15, 0.2) is 67.0 Å². The largest absolute Gasteiger partial charge is 0.439 e. The van der Waals surface area contributed by atoms with Gasteiger partial charge in [-0.3, -0.25) is 0 Å². The van der Waals surface area contributed by atoms with E-state index in [2.05, 4.69) is 25.7 Å². The summed E-state index contributed by atoms with van der Waals surface area (Å²) in [4.78, 5) is 20.7. The number of nitrogens with zero attached hydrogens (tertiary/aromatic N) is 4. The fraction of sp³-hybridized carbons (Fsp3) is 0.0476. The number of aryl methyl sites for hydroxylation is 1. The van der Waals surface area contributed by atoms with Crippen LogP contribution in [0.25, 0.3) is 5.82 Å². The summed E-state index contributed by atoms with van der Waals surface area (Å²) in [5, 5.41) is 9.33. The molecule has 2 amide bonds. The van der Waals surface area contributed by atoms with E-state index in [1.165, 1.54) is 18.2 Å². The number of urea groups is 1. The predicted octanol–water partition coefficient (Wildman–Crippen LogP) is 5.20. The molecule has 0 aliphatic carbocycles. The van der Waals surface area contributed by atoms with Crippen LogP contribution in [0.4, 0.5) is 20.6 Å². The molecule has 0 spiro atoms. The van der Waals surface area contributed by atoms with Gasteiger partial charge in [0.2, 0.25) is 5.88 Å². The summed E-state index contributed by atoms with van der Waals surface area (Å²) in [7, 11) is 0. The van der Waals surface area contributed by atoms with Crippen molar-refractivity contribution in [1.29, 1.82) is 0 Å². The van der Waals surface area contributed by atoms with Gasteiger partial charge in [-0.05, 0) is 55.5 Å². The molecule has 2 aromatic carbocycles. The Kier molecular flexibility index (Phi) is 5.76. The molecule has 0 aliphatic heterocycles. The highest BCUT2D eigenvalue weighted by Crippen LogP contribution is 2.23. The van der Waals surface area contributed by atoms with Crippen LogP contribution >= 0.6 is 11.6 Å². The van der Waals surface area contributed by atoms with Gasteiger partial charge < -0.3 is 15.4 Å². The van der Waals surface area contributed by atoms with E-state index in [0.717, 1.165) is 0 Å². The smallest absolute Gasteiger partial charge is 0.323 e. The van der Waals surface area contributed by atoms with E-state index in [-0.39, 0.29) is 5.02 Å². The van der Waals surface area contributed by atoms with Crippen LogP contribution in [-0.4, -0.2) is 25.8 Å². The van der Waals surface area contributed by atoms with E-state index in [1.807, 2.05) is 0 Å². The topological polar surface area (TPSA) is 94.0 Å². The molecule has 10 heteroatoms. The van der Waals surface area contributed by atoms with Crippen LogP contribution in [0.5, 0.6) is 11.6 Å². The van der Waals surface area contributed by atoms with Crippen LogP contribution in [0.1, 0.15) is 5.82 Å². The summed E-state index contributed by atoms with van der Waals surface area (Å²) in [5.74, 6) is 1.46. The average molecular weight is 439 g/mol. The number of halogens is 2. The van der Waals surface area contributed by atoms with E-state index in [0.29, 0.717) is 34.6 Å². The van der Waals surface area contributed by atoms with E-state index in [9.17, 15) is 9.18 Å². The molecule has 2 N–H and O–H groups in total. The predicted molar refractivity (Wildman–Crippen MR) is 114 cm³/mol. The lowest BCUT2D eigenvalue weighted by Gasteiger charge is -2.10. The number of nitrogens with one attached hydrogen (secondary N) is 2. The van der Waals surface area contributed by atoms with Crippen molar-refractivity contribution in [3.8, 4) is 17.4 Å². The minimum atomic E-state index is -0.557. The van der Waals surface area contributed by atoms with Gasteiger partial charge in [0.25, 0.3) is 0 Å².